The van der Waals surface area contributed by atoms with E-state index >= 15 is 0 Å². The van der Waals surface area contributed by atoms with Crippen molar-refractivity contribution in [2.75, 3.05) is 0 Å². The molecule has 4 heteroatoms. The smallest absolute Gasteiger partial charge is 0.355 e. The molecule has 4 rings (SSSR count). The highest BCUT2D eigenvalue weighted by Gasteiger charge is 2.30. The third-order valence-corrected chi connectivity index (χ3v) is 4.01. The predicted molar refractivity (Wildman–Crippen MR) is 86.2 cm³/mol. The number of H-pyrrole nitrogens is 1. The van der Waals surface area contributed by atoms with Gasteiger partial charge in [0.05, 0.1) is 5.56 Å². The molecule has 0 atom stereocenters. The molecule has 0 aliphatic heterocycles. The van der Waals surface area contributed by atoms with Crippen LogP contribution < -0.4 is 0 Å². The summed E-state index contributed by atoms with van der Waals surface area (Å²) in [6.07, 6.45) is -4.31. The molecule has 0 unspecified atom stereocenters. The van der Waals surface area contributed by atoms with Crippen molar-refractivity contribution < 1.29 is 13.2 Å². The molecule has 0 fully saturated rings. The Balaban J connectivity index is 1.81. The molecular formula is C19H12F3N. The Hall–Kier alpha value is -2.75. The normalized spacial score (nSPS) is 12.1. The molecule has 4 aromatic rings. The Morgan fingerprint density at radius 1 is 0.696 bits per heavy atom. The highest BCUT2D eigenvalue weighted by atomic mass is 19.4. The zero-order valence-electron chi connectivity index (χ0n) is 12.0. The number of alkyl halides is 3. The first-order chi connectivity index (χ1) is 11.0. The van der Waals surface area contributed by atoms with Crippen LogP contribution in [0.1, 0.15) is 5.56 Å². The van der Waals surface area contributed by atoms with Gasteiger partial charge in [-0.05, 0) is 46.7 Å². The number of hydrogen-bond donors (Lipinski definition) is 1. The van der Waals surface area contributed by atoms with Crippen molar-refractivity contribution in [2.24, 2.45) is 0 Å². The van der Waals surface area contributed by atoms with Crippen molar-refractivity contribution in [3.8, 4) is 11.3 Å². The second-order valence-electron chi connectivity index (χ2n) is 5.54. The molecule has 1 aromatic heterocycles. The van der Waals surface area contributed by atoms with Gasteiger partial charge in [-0.25, -0.2) is 0 Å². The lowest BCUT2D eigenvalue weighted by Crippen LogP contribution is -2.03. The van der Waals surface area contributed by atoms with Crippen molar-refractivity contribution in [3.63, 3.8) is 0 Å². The van der Waals surface area contributed by atoms with Crippen LogP contribution >= 0.6 is 0 Å². The van der Waals surface area contributed by atoms with Gasteiger partial charge in [0.25, 0.3) is 0 Å². The average Bonchev–Trinajstić information content (AvgIpc) is 2.94. The van der Waals surface area contributed by atoms with Gasteiger partial charge in [0.2, 0.25) is 0 Å². The number of nitrogens with one attached hydrogen (secondary N) is 1. The summed E-state index contributed by atoms with van der Waals surface area (Å²) in [6.45, 7) is 0. The number of fused-ring (bicyclic) bond motifs is 2. The fourth-order valence-electron chi connectivity index (χ4n) is 2.82. The van der Waals surface area contributed by atoms with Crippen LogP contribution in [-0.4, -0.2) is 4.98 Å². The second-order valence-corrected chi connectivity index (χ2v) is 5.54. The first kappa shape index (κ1) is 13.9. The summed E-state index contributed by atoms with van der Waals surface area (Å²) in [5.74, 6) is 0. The minimum Gasteiger partial charge on any atom is -0.355 e. The van der Waals surface area contributed by atoms with Gasteiger partial charge in [-0.3, -0.25) is 0 Å². The number of aromatic amines is 1. The first-order valence-corrected chi connectivity index (χ1v) is 7.20. The van der Waals surface area contributed by atoms with Gasteiger partial charge in [0, 0.05) is 16.6 Å². The summed E-state index contributed by atoms with van der Waals surface area (Å²) in [4.78, 5) is 3.28. The molecule has 0 radical (unpaired) electrons. The number of rotatable bonds is 1. The van der Waals surface area contributed by atoms with Crippen molar-refractivity contribution in [1.82, 2.24) is 4.98 Å². The third-order valence-electron chi connectivity index (χ3n) is 4.01. The van der Waals surface area contributed by atoms with Crippen LogP contribution in [0.15, 0.2) is 66.7 Å². The van der Waals surface area contributed by atoms with Gasteiger partial charge >= 0.3 is 6.18 Å². The molecule has 0 amide bonds. The van der Waals surface area contributed by atoms with Crippen LogP contribution in [0.2, 0.25) is 0 Å². The highest BCUT2D eigenvalue weighted by molar-refractivity contribution is 5.98. The number of hydrogen-bond acceptors (Lipinski definition) is 0. The molecule has 114 valence electrons. The van der Waals surface area contributed by atoms with E-state index in [0.29, 0.717) is 0 Å². The van der Waals surface area contributed by atoms with Gasteiger partial charge < -0.3 is 4.98 Å². The molecule has 0 saturated carbocycles. The zero-order valence-corrected chi connectivity index (χ0v) is 12.0. The summed E-state index contributed by atoms with van der Waals surface area (Å²) in [5, 5.41) is 3.30. The highest BCUT2D eigenvalue weighted by Crippen LogP contribution is 2.32. The summed E-state index contributed by atoms with van der Waals surface area (Å²) in [7, 11) is 0. The fraction of sp³-hybridized carbons (Fsp3) is 0.0526. The van der Waals surface area contributed by atoms with Crippen molar-refractivity contribution >= 4 is 21.7 Å². The van der Waals surface area contributed by atoms with Gasteiger partial charge in [0.15, 0.2) is 0 Å². The quantitative estimate of drug-likeness (QED) is 0.443. The van der Waals surface area contributed by atoms with Crippen LogP contribution in [0.4, 0.5) is 13.2 Å². The lowest BCUT2D eigenvalue weighted by atomic mass is 10.1. The topological polar surface area (TPSA) is 15.8 Å². The Kier molecular flexibility index (Phi) is 2.94. The third kappa shape index (κ3) is 2.46. The maximum atomic E-state index is 12.6. The Labute approximate surface area is 130 Å². The molecule has 1 nitrogen and oxygen atoms in total. The predicted octanol–water partition coefficient (Wildman–Crippen LogP) is 6.01. The lowest BCUT2D eigenvalue weighted by molar-refractivity contribution is -0.137. The Morgan fingerprint density at radius 3 is 2.00 bits per heavy atom. The van der Waals surface area contributed by atoms with E-state index in [-0.39, 0.29) is 0 Å². The molecule has 0 saturated heterocycles. The van der Waals surface area contributed by atoms with Gasteiger partial charge in [-0.2, -0.15) is 13.2 Å². The van der Waals surface area contributed by atoms with Crippen LogP contribution in [-0.2, 0) is 6.18 Å². The van der Waals surface area contributed by atoms with Crippen LogP contribution in [0, 0.1) is 0 Å². The van der Waals surface area contributed by atoms with E-state index in [1.54, 1.807) is 0 Å². The molecule has 0 aliphatic carbocycles. The fourth-order valence-corrected chi connectivity index (χ4v) is 2.82. The van der Waals surface area contributed by atoms with Crippen LogP contribution in [0.5, 0.6) is 0 Å². The van der Waals surface area contributed by atoms with E-state index in [9.17, 15) is 13.2 Å². The molecule has 0 spiro atoms. The van der Waals surface area contributed by atoms with E-state index < -0.39 is 11.7 Å². The lowest BCUT2D eigenvalue weighted by Gasteiger charge is -2.06. The second kappa shape index (κ2) is 4.88. The van der Waals surface area contributed by atoms with E-state index in [2.05, 4.69) is 17.1 Å². The van der Waals surface area contributed by atoms with E-state index in [4.69, 9.17) is 0 Å². The Morgan fingerprint density at radius 2 is 1.35 bits per heavy atom. The van der Waals surface area contributed by atoms with Crippen LogP contribution in [0.3, 0.4) is 0 Å². The molecule has 0 aliphatic rings. The average molecular weight is 311 g/mol. The number of halogens is 3. The summed E-state index contributed by atoms with van der Waals surface area (Å²) >= 11 is 0. The van der Waals surface area contributed by atoms with E-state index in [1.807, 2.05) is 30.3 Å². The molecule has 1 N–H and O–H groups in total. The summed E-state index contributed by atoms with van der Waals surface area (Å²) < 4.78 is 37.9. The van der Waals surface area contributed by atoms with Gasteiger partial charge in [0.1, 0.15) is 0 Å². The molecule has 23 heavy (non-hydrogen) atoms. The minimum absolute atomic E-state index is 0.636. The number of benzene rings is 3. The molecule has 3 aromatic carbocycles. The summed E-state index contributed by atoms with van der Waals surface area (Å²) in [6, 6.07) is 19.3. The standard InChI is InChI=1S/C19H12F3N/c20-19(21,22)16-7-5-12(6-8-16)17-11-15-9-13-3-1-2-4-14(13)10-18(15)23-17/h1-11,23H. The van der Waals surface area contributed by atoms with Crippen molar-refractivity contribution in [3.05, 3.63) is 72.3 Å². The largest absolute Gasteiger partial charge is 0.416 e. The maximum absolute atomic E-state index is 12.6. The van der Waals surface area contributed by atoms with Crippen molar-refractivity contribution in [1.29, 1.82) is 0 Å². The molecular weight excluding hydrogens is 299 g/mol. The first-order valence-electron chi connectivity index (χ1n) is 7.20. The van der Waals surface area contributed by atoms with Crippen molar-refractivity contribution in [2.45, 2.75) is 6.18 Å². The van der Waals surface area contributed by atoms with Gasteiger partial charge in [-0.1, -0.05) is 36.4 Å². The maximum Gasteiger partial charge on any atom is 0.416 e. The van der Waals surface area contributed by atoms with Crippen LogP contribution in [0.25, 0.3) is 32.9 Å². The molecule has 1 heterocycles. The zero-order chi connectivity index (χ0) is 16.0. The molecule has 0 bridgehead atoms. The van der Waals surface area contributed by atoms with Gasteiger partial charge in [-0.15, -0.1) is 0 Å². The SMILES string of the molecule is FC(F)(F)c1ccc(-c2cc3cc4ccccc4cc3[nH]2)cc1. The van der Waals surface area contributed by atoms with E-state index in [1.165, 1.54) is 12.1 Å². The number of aromatic nitrogens is 1. The Bertz CT molecular complexity index is 942. The summed E-state index contributed by atoms with van der Waals surface area (Å²) in [5.41, 5.74) is 1.88. The minimum atomic E-state index is -4.31. The monoisotopic (exact) mass is 311 g/mol. The van der Waals surface area contributed by atoms with E-state index in [0.717, 1.165) is 45.1 Å².